The number of ether oxygens (including phenoxy) is 5. The van der Waals surface area contributed by atoms with Crippen molar-refractivity contribution in [2.24, 2.45) is 0 Å². The molecular formula is C17H15NO6. The Labute approximate surface area is 138 Å². The summed E-state index contributed by atoms with van der Waals surface area (Å²) in [6, 6.07) is 8.83. The van der Waals surface area contributed by atoms with Crippen LogP contribution < -0.4 is 29.0 Å². The number of carbonyl (C=O) groups is 1. The molecule has 0 fully saturated rings. The van der Waals surface area contributed by atoms with Gasteiger partial charge < -0.3 is 29.0 Å². The molecule has 2 aromatic carbocycles. The van der Waals surface area contributed by atoms with Gasteiger partial charge in [-0.2, -0.15) is 0 Å². The molecule has 2 aliphatic rings. The van der Waals surface area contributed by atoms with Crippen molar-refractivity contribution in [2.75, 3.05) is 20.7 Å². The van der Waals surface area contributed by atoms with E-state index >= 15 is 0 Å². The number of rotatable bonds is 4. The van der Waals surface area contributed by atoms with E-state index in [0.29, 0.717) is 40.9 Å². The second kappa shape index (κ2) is 5.84. The van der Waals surface area contributed by atoms with Crippen LogP contribution in [-0.2, 0) is 6.54 Å². The fraction of sp³-hybridized carbons (Fsp3) is 0.235. The molecule has 2 aliphatic heterocycles. The van der Waals surface area contributed by atoms with Crippen LogP contribution in [0.5, 0.6) is 28.7 Å². The van der Waals surface area contributed by atoms with Gasteiger partial charge in [-0.25, -0.2) is 0 Å². The highest BCUT2D eigenvalue weighted by Gasteiger charge is 2.22. The first-order valence-electron chi connectivity index (χ1n) is 7.39. The third kappa shape index (κ3) is 2.54. The summed E-state index contributed by atoms with van der Waals surface area (Å²) in [4.78, 5) is 12.4. The molecule has 0 radical (unpaired) electrons. The smallest absolute Gasteiger partial charge is 0.251 e. The maximum absolute atomic E-state index is 12.4. The van der Waals surface area contributed by atoms with Gasteiger partial charge in [-0.3, -0.25) is 4.79 Å². The van der Waals surface area contributed by atoms with Gasteiger partial charge in [0.2, 0.25) is 19.3 Å². The molecule has 0 unspecified atom stereocenters. The van der Waals surface area contributed by atoms with Crippen molar-refractivity contribution < 1.29 is 28.5 Å². The fourth-order valence-electron chi connectivity index (χ4n) is 2.60. The molecule has 1 N–H and O–H groups in total. The van der Waals surface area contributed by atoms with Crippen LogP contribution in [0.2, 0.25) is 0 Å². The van der Waals surface area contributed by atoms with Gasteiger partial charge in [0.25, 0.3) is 5.91 Å². The van der Waals surface area contributed by atoms with Gasteiger partial charge in [0.15, 0.2) is 23.0 Å². The van der Waals surface area contributed by atoms with Crippen molar-refractivity contribution in [3.05, 3.63) is 41.5 Å². The number of nitrogens with one attached hydrogen (secondary N) is 1. The first kappa shape index (κ1) is 14.5. The lowest BCUT2D eigenvalue weighted by molar-refractivity contribution is 0.0950. The summed E-state index contributed by atoms with van der Waals surface area (Å²) >= 11 is 0. The summed E-state index contributed by atoms with van der Waals surface area (Å²) in [7, 11) is 1.52. The normalized spacial score (nSPS) is 13.7. The summed E-state index contributed by atoms with van der Waals surface area (Å²) in [5.74, 6) is 2.66. The third-order valence-corrected chi connectivity index (χ3v) is 3.81. The SMILES string of the molecule is COc1cc(C(=O)NCc2ccc3c(c2)OCO3)cc2c1OCO2. The highest BCUT2D eigenvalue weighted by Crippen LogP contribution is 2.41. The minimum atomic E-state index is -0.232. The Balaban J connectivity index is 1.48. The van der Waals surface area contributed by atoms with Gasteiger partial charge in [0, 0.05) is 12.1 Å². The van der Waals surface area contributed by atoms with Crippen LogP contribution in [-0.4, -0.2) is 26.6 Å². The van der Waals surface area contributed by atoms with Crippen LogP contribution in [0.4, 0.5) is 0 Å². The van der Waals surface area contributed by atoms with Crippen LogP contribution in [0.25, 0.3) is 0 Å². The number of hydrogen-bond acceptors (Lipinski definition) is 6. The van der Waals surface area contributed by atoms with Crippen molar-refractivity contribution >= 4 is 5.91 Å². The molecule has 0 bridgehead atoms. The average molecular weight is 329 g/mol. The van der Waals surface area contributed by atoms with Crippen molar-refractivity contribution in [3.8, 4) is 28.7 Å². The molecule has 0 aliphatic carbocycles. The predicted octanol–water partition coefficient (Wildman–Crippen LogP) is 2.08. The maximum atomic E-state index is 12.4. The summed E-state index contributed by atoms with van der Waals surface area (Å²) in [6.07, 6.45) is 0. The van der Waals surface area contributed by atoms with E-state index < -0.39 is 0 Å². The maximum Gasteiger partial charge on any atom is 0.251 e. The molecule has 0 atom stereocenters. The number of methoxy groups -OCH3 is 1. The standard InChI is InChI=1S/C17H15NO6/c1-20-14-5-11(6-15-16(14)24-9-23-15)17(19)18-7-10-2-3-12-13(4-10)22-8-21-12/h2-6H,7-9H2,1H3,(H,18,19). The highest BCUT2D eigenvalue weighted by atomic mass is 16.7. The van der Waals surface area contributed by atoms with E-state index in [2.05, 4.69) is 5.32 Å². The Hall–Kier alpha value is -3.09. The summed E-state index contributed by atoms with van der Waals surface area (Å²) in [5, 5.41) is 2.86. The lowest BCUT2D eigenvalue weighted by Crippen LogP contribution is -2.22. The molecule has 0 saturated heterocycles. The molecule has 0 saturated carbocycles. The van der Waals surface area contributed by atoms with E-state index in [1.807, 2.05) is 18.2 Å². The number of fused-ring (bicyclic) bond motifs is 2. The zero-order valence-corrected chi connectivity index (χ0v) is 13.0. The lowest BCUT2D eigenvalue weighted by Gasteiger charge is -2.09. The average Bonchev–Trinajstić information content (AvgIpc) is 3.26. The highest BCUT2D eigenvalue weighted by molar-refractivity contribution is 5.95. The molecule has 4 rings (SSSR count). The molecule has 0 aromatic heterocycles. The minimum Gasteiger partial charge on any atom is -0.493 e. The summed E-state index contributed by atoms with van der Waals surface area (Å²) in [6.45, 7) is 0.711. The fourth-order valence-corrected chi connectivity index (χ4v) is 2.60. The van der Waals surface area contributed by atoms with Crippen molar-refractivity contribution in [1.29, 1.82) is 0 Å². The molecule has 2 aromatic rings. The van der Waals surface area contributed by atoms with Gasteiger partial charge in [0.1, 0.15) is 0 Å². The lowest BCUT2D eigenvalue weighted by atomic mass is 10.1. The van der Waals surface area contributed by atoms with E-state index in [0.717, 1.165) is 5.56 Å². The van der Waals surface area contributed by atoms with Crippen LogP contribution in [0.1, 0.15) is 15.9 Å². The zero-order chi connectivity index (χ0) is 16.5. The minimum absolute atomic E-state index is 0.119. The number of hydrogen-bond donors (Lipinski definition) is 1. The number of carbonyl (C=O) groups excluding carboxylic acids is 1. The van der Waals surface area contributed by atoms with E-state index in [4.69, 9.17) is 23.7 Å². The molecular weight excluding hydrogens is 314 g/mol. The van der Waals surface area contributed by atoms with Gasteiger partial charge in [-0.05, 0) is 29.8 Å². The number of amides is 1. The Bertz CT molecular complexity index is 804. The van der Waals surface area contributed by atoms with Crippen molar-refractivity contribution in [2.45, 2.75) is 6.54 Å². The van der Waals surface area contributed by atoms with E-state index in [-0.39, 0.29) is 19.5 Å². The monoisotopic (exact) mass is 329 g/mol. The Morgan fingerprint density at radius 2 is 1.83 bits per heavy atom. The third-order valence-electron chi connectivity index (χ3n) is 3.81. The van der Waals surface area contributed by atoms with Crippen molar-refractivity contribution in [3.63, 3.8) is 0 Å². The largest absolute Gasteiger partial charge is 0.493 e. The molecule has 0 spiro atoms. The quantitative estimate of drug-likeness (QED) is 0.926. The van der Waals surface area contributed by atoms with E-state index in [1.54, 1.807) is 12.1 Å². The van der Waals surface area contributed by atoms with Crippen LogP contribution in [0, 0.1) is 0 Å². The van der Waals surface area contributed by atoms with Crippen LogP contribution in [0.15, 0.2) is 30.3 Å². The van der Waals surface area contributed by atoms with Crippen LogP contribution in [0.3, 0.4) is 0 Å². The second-order valence-corrected chi connectivity index (χ2v) is 5.28. The van der Waals surface area contributed by atoms with E-state index in [9.17, 15) is 4.79 Å². The first-order chi connectivity index (χ1) is 11.7. The van der Waals surface area contributed by atoms with Gasteiger partial charge in [-0.15, -0.1) is 0 Å². The molecule has 124 valence electrons. The number of benzene rings is 2. The molecule has 7 heteroatoms. The Kier molecular flexibility index (Phi) is 3.53. The molecule has 24 heavy (non-hydrogen) atoms. The van der Waals surface area contributed by atoms with Gasteiger partial charge >= 0.3 is 0 Å². The van der Waals surface area contributed by atoms with Crippen LogP contribution >= 0.6 is 0 Å². The topological polar surface area (TPSA) is 75.3 Å². The van der Waals surface area contributed by atoms with E-state index in [1.165, 1.54) is 7.11 Å². The first-order valence-corrected chi connectivity index (χ1v) is 7.39. The zero-order valence-electron chi connectivity index (χ0n) is 13.0. The molecule has 7 nitrogen and oxygen atoms in total. The summed E-state index contributed by atoms with van der Waals surface area (Å²) in [5.41, 5.74) is 1.36. The molecule has 1 amide bonds. The summed E-state index contributed by atoms with van der Waals surface area (Å²) < 4.78 is 26.5. The van der Waals surface area contributed by atoms with Gasteiger partial charge in [-0.1, -0.05) is 6.07 Å². The molecule has 2 heterocycles. The van der Waals surface area contributed by atoms with Gasteiger partial charge in [0.05, 0.1) is 7.11 Å². The predicted molar refractivity (Wildman–Crippen MR) is 82.9 cm³/mol. The Morgan fingerprint density at radius 1 is 1.04 bits per heavy atom. The van der Waals surface area contributed by atoms with Crippen molar-refractivity contribution in [1.82, 2.24) is 5.32 Å². The Morgan fingerprint density at radius 3 is 2.71 bits per heavy atom. The second-order valence-electron chi connectivity index (χ2n) is 5.28.